The van der Waals surface area contributed by atoms with Gasteiger partial charge in [-0.15, -0.1) is 0 Å². The van der Waals surface area contributed by atoms with E-state index >= 15 is 0 Å². The molecule has 13 nitrogen and oxygen atoms in total. The number of carboxylic acid groups (broad SMARTS) is 1. The molecule has 1 aromatic carbocycles. The number of hydrazine groups is 1. The van der Waals surface area contributed by atoms with Gasteiger partial charge in [-0.25, -0.2) is 20.2 Å². The van der Waals surface area contributed by atoms with Gasteiger partial charge in [0.05, 0.1) is 7.11 Å². The fraction of sp³-hybridized carbons (Fsp3) is 0.607. The first-order chi connectivity index (χ1) is 19.6. The maximum Gasteiger partial charge on any atom is 0.333 e. The maximum absolute atomic E-state index is 13.5. The van der Waals surface area contributed by atoms with Crippen molar-refractivity contribution >= 4 is 29.8 Å². The summed E-state index contributed by atoms with van der Waals surface area (Å²) in [5.74, 6) is 3.25. The molecule has 7 N–H and O–H groups in total. The molecule has 41 heavy (non-hydrogen) atoms. The van der Waals surface area contributed by atoms with Crippen molar-refractivity contribution < 1.29 is 38.6 Å². The van der Waals surface area contributed by atoms with Crippen LogP contribution in [0, 0.1) is 0 Å². The zero-order valence-corrected chi connectivity index (χ0v) is 23.6. The Labute approximate surface area is 240 Å². The van der Waals surface area contributed by atoms with E-state index in [2.05, 4.69) is 10.6 Å². The summed E-state index contributed by atoms with van der Waals surface area (Å²) in [5.41, 5.74) is 4.98. The zero-order chi connectivity index (χ0) is 30.3. The van der Waals surface area contributed by atoms with Crippen molar-refractivity contribution in [1.82, 2.24) is 15.6 Å². The number of benzene rings is 1. The minimum atomic E-state index is -1.35. The van der Waals surface area contributed by atoms with Crippen molar-refractivity contribution in [2.24, 2.45) is 11.6 Å². The Morgan fingerprint density at radius 2 is 1.59 bits per heavy atom. The monoisotopic (exact) mass is 577 g/mol. The smallest absolute Gasteiger partial charge is 0.333 e. The predicted molar refractivity (Wildman–Crippen MR) is 149 cm³/mol. The van der Waals surface area contributed by atoms with Crippen LogP contribution in [0.5, 0.6) is 0 Å². The lowest BCUT2D eigenvalue weighted by molar-refractivity contribution is -0.163. The Bertz CT molecular complexity index is 1020. The molecular formula is C28H43N5O8. The highest BCUT2D eigenvalue weighted by atomic mass is 16.5. The van der Waals surface area contributed by atoms with Crippen LogP contribution in [-0.4, -0.2) is 71.2 Å². The lowest BCUT2D eigenvalue weighted by Crippen LogP contribution is -2.64. The number of amides is 3. The highest BCUT2D eigenvalue weighted by molar-refractivity contribution is 5.93. The summed E-state index contributed by atoms with van der Waals surface area (Å²) in [5, 5.41) is 15.3. The topological polar surface area (TPSA) is 203 Å². The number of carbonyl (C=O) groups is 5. The molecule has 1 fully saturated rings. The van der Waals surface area contributed by atoms with Gasteiger partial charge in [0.2, 0.25) is 0 Å². The average Bonchev–Trinajstić information content (AvgIpc) is 3.47. The van der Waals surface area contributed by atoms with E-state index in [0.29, 0.717) is 57.9 Å². The number of ether oxygens (including phenoxy) is 2. The van der Waals surface area contributed by atoms with Crippen LogP contribution in [0.25, 0.3) is 0 Å². The van der Waals surface area contributed by atoms with Crippen LogP contribution in [0.15, 0.2) is 30.3 Å². The largest absolute Gasteiger partial charge is 0.480 e. The summed E-state index contributed by atoms with van der Waals surface area (Å²) in [6, 6.07) is 6.02. The minimum absolute atomic E-state index is 0.0914. The Balaban J connectivity index is 2.04. The molecule has 2 atom stereocenters. The molecule has 0 radical (unpaired) electrons. The van der Waals surface area contributed by atoms with Gasteiger partial charge in [-0.05, 0) is 57.1 Å². The normalized spacial score (nSPS) is 15.3. The summed E-state index contributed by atoms with van der Waals surface area (Å²) >= 11 is 0. The van der Waals surface area contributed by atoms with Crippen molar-refractivity contribution in [2.45, 2.75) is 94.9 Å². The fourth-order valence-corrected chi connectivity index (χ4v) is 4.87. The number of hydrogen-bond acceptors (Lipinski definition) is 9. The number of unbranched alkanes of at least 4 members (excludes halogenated alkanes) is 2. The van der Waals surface area contributed by atoms with E-state index in [9.17, 15) is 29.1 Å². The van der Waals surface area contributed by atoms with Gasteiger partial charge in [0, 0.05) is 6.42 Å². The average molecular weight is 578 g/mol. The van der Waals surface area contributed by atoms with Crippen LogP contribution in [0.3, 0.4) is 0 Å². The highest BCUT2D eigenvalue weighted by Gasteiger charge is 2.50. The second-order valence-electron chi connectivity index (χ2n) is 10.2. The molecule has 0 saturated heterocycles. The molecule has 1 saturated carbocycles. The summed E-state index contributed by atoms with van der Waals surface area (Å²) in [4.78, 5) is 62.8. The van der Waals surface area contributed by atoms with Crippen molar-refractivity contribution in [1.29, 1.82) is 0 Å². The lowest BCUT2D eigenvalue weighted by Gasteiger charge is -2.37. The molecule has 1 aromatic rings. The number of carbonyl (C=O) groups excluding carboxylic acids is 4. The Hall–Kier alpha value is -3.71. The number of nitrogens with zero attached hydrogens (tertiary/aromatic N) is 1. The number of aliphatic carboxylic acids is 1. The molecule has 0 heterocycles. The number of carboxylic acids is 1. The third kappa shape index (κ3) is 10.3. The van der Waals surface area contributed by atoms with Crippen LogP contribution >= 0.6 is 0 Å². The molecular weight excluding hydrogens is 534 g/mol. The van der Waals surface area contributed by atoms with Crippen molar-refractivity contribution in [3.05, 3.63) is 35.9 Å². The SMILES string of the molecule is COC(=O)C1(N(N)C(=O)[C@@H](CCCCC(=O)OCc2ccccc2)NC(=O)N[C@@H](CCCCN)C(=O)O)CCCC1. The van der Waals surface area contributed by atoms with E-state index in [4.69, 9.17) is 21.1 Å². The minimum Gasteiger partial charge on any atom is -0.480 e. The number of esters is 2. The summed E-state index contributed by atoms with van der Waals surface area (Å²) in [6.07, 6.45) is 4.12. The van der Waals surface area contributed by atoms with Crippen molar-refractivity contribution in [3.8, 4) is 0 Å². The van der Waals surface area contributed by atoms with Gasteiger partial charge in [-0.3, -0.25) is 14.6 Å². The van der Waals surface area contributed by atoms with Gasteiger partial charge in [0.1, 0.15) is 18.7 Å². The van der Waals surface area contributed by atoms with Gasteiger partial charge in [-0.2, -0.15) is 0 Å². The van der Waals surface area contributed by atoms with Gasteiger partial charge < -0.3 is 30.9 Å². The third-order valence-corrected chi connectivity index (χ3v) is 7.21. The van der Waals surface area contributed by atoms with E-state index in [1.54, 1.807) is 0 Å². The molecule has 0 aliphatic heterocycles. The number of rotatable bonds is 17. The van der Waals surface area contributed by atoms with Gasteiger partial charge in [0.15, 0.2) is 5.54 Å². The quantitative estimate of drug-likeness (QED) is 0.0596. The van der Waals surface area contributed by atoms with Crippen molar-refractivity contribution in [3.63, 3.8) is 0 Å². The van der Waals surface area contributed by atoms with Crippen LogP contribution in [0.2, 0.25) is 0 Å². The third-order valence-electron chi connectivity index (χ3n) is 7.21. The van der Waals surface area contributed by atoms with Crippen LogP contribution in [0.4, 0.5) is 4.79 Å². The molecule has 2 rings (SSSR count). The van der Waals surface area contributed by atoms with Gasteiger partial charge >= 0.3 is 23.9 Å². The molecule has 3 amide bonds. The molecule has 0 aromatic heterocycles. The second-order valence-corrected chi connectivity index (χ2v) is 10.2. The van der Waals surface area contributed by atoms with E-state index in [1.807, 2.05) is 30.3 Å². The molecule has 1 aliphatic rings. The molecule has 0 bridgehead atoms. The van der Waals surface area contributed by atoms with Gasteiger partial charge in [-0.1, -0.05) is 49.6 Å². The number of urea groups is 1. The van der Waals surface area contributed by atoms with E-state index in [0.717, 1.165) is 10.6 Å². The first kappa shape index (κ1) is 33.5. The Morgan fingerprint density at radius 1 is 0.976 bits per heavy atom. The first-order valence-corrected chi connectivity index (χ1v) is 14.0. The summed E-state index contributed by atoms with van der Waals surface area (Å²) in [6.45, 7) is 0.541. The maximum atomic E-state index is 13.5. The Morgan fingerprint density at radius 3 is 2.20 bits per heavy atom. The van der Waals surface area contributed by atoms with Crippen LogP contribution < -0.4 is 22.2 Å². The lowest BCUT2D eigenvalue weighted by atomic mass is 9.95. The summed E-state index contributed by atoms with van der Waals surface area (Å²) in [7, 11) is 1.22. The molecule has 228 valence electrons. The highest BCUT2D eigenvalue weighted by Crippen LogP contribution is 2.35. The molecule has 13 heteroatoms. The summed E-state index contributed by atoms with van der Waals surface area (Å²) < 4.78 is 10.2. The van der Waals surface area contributed by atoms with Gasteiger partial charge in [0.25, 0.3) is 5.91 Å². The van der Waals surface area contributed by atoms with E-state index in [1.165, 1.54) is 7.11 Å². The number of nitrogens with one attached hydrogen (secondary N) is 2. The molecule has 0 spiro atoms. The standard InChI is InChI=1S/C28H43N5O8/c1-40-26(38)28(16-8-9-17-28)33(30)24(35)21(31-27(39)32-22(25(36)37)14-7-10-18-29)13-5-6-15-23(34)41-19-20-11-3-2-4-12-20/h2-4,11-12,21-22H,5-10,13-19,29-30H2,1H3,(H,36,37)(H2,31,32,39)/t21-,22+/m1/s1. The Kier molecular flexibility index (Phi) is 14.0. The second kappa shape index (κ2) is 17.2. The fourth-order valence-electron chi connectivity index (χ4n) is 4.87. The van der Waals surface area contributed by atoms with E-state index in [-0.39, 0.29) is 25.9 Å². The molecule has 1 aliphatic carbocycles. The zero-order valence-electron chi connectivity index (χ0n) is 23.6. The predicted octanol–water partition coefficient (Wildman–Crippen LogP) is 1.73. The number of nitrogens with two attached hydrogens (primary N) is 2. The van der Waals surface area contributed by atoms with Crippen molar-refractivity contribution in [2.75, 3.05) is 13.7 Å². The van der Waals surface area contributed by atoms with Crippen LogP contribution in [-0.2, 0) is 35.3 Å². The first-order valence-electron chi connectivity index (χ1n) is 14.0. The molecule has 0 unspecified atom stereocenters. The van der Waals surface area contributed by atoms with E-state index < -0.39 is 47.5 Å². The van der Waals surface area contributed by atoms with Crippen LogP contribution in [0.1, 0.15) is 76.2 Å². The number of methoxy groups -OCH3 is 1. The number of hydrogen-bond donors (Lipinski definition) is 5.